The highest BCUT2D eigenvalue weighted by atomic mass is 32.2. The van der Waals surface area contributed by atoms with Gasteiger partial charge in [-0.05, 0) is 0 Å². The predicted molar refractivity (Wildman–Crippen MR) is 58.9 cm³/mol. The van der Waals surface area contributed by atoms with Crippen LogP contribution in [-0.2, 0) is 25.1 Å². The zero-order valence-electron chi connectivity index (χ0n) is 9.23. The van der Waals surface area contributed by atoms with Crippen molar-refractivity contribution in [3.8, 4) is 0 Å². The van der Waals surface area contributed by atoms with Gasteiger partial charge in [-0.15, -0.1) is 0 Å². The fraction of sp³-hybridized carbons (Fsp3) is 0.625. The Morgan fingerprint density at radius 2 is 1.94 bits per heavy atom. The highest BCUT2D eigenvalue weighted by Crippen LogP contribution is 1.77. The second kappa shape index (κ2) is 8.65. The minimum absolute atomic E-state index is 0.179. The summed E-state index contributed by atoms with van der Waals surface area (Å²) in [5.74, 6) is -1.66. The number of nitrogens with one attached hydrogen (secondary N) is 2. The molecular weight excluding hydrogens is 252 g/mol. The third kappa shape index (κ3) is 10.8. The van der Waals surface area contributed by atoms with E-state index in [4.69, 9.17) is 5.11 Å². The van der Waals surface area contributed by atoms with Crippen LogP contribution in [-0.4, -0.2) is 59.0 Å². The van der Waals surface area contributed by atoms with Crippen LogP contribution in [0.25, 0.3) is 0 Å². The van der Waals surface area contributed by atoms with Crippen molar-refractivity contribution in [2.24, 2.45) is 0 Å². The standard InChI is InChI=1S/C8H14N2O6S/c1-17(15)3-2-9-8(14)10-6(11)4-16-5-7(12)13/h2-5H2,1H3,(H,12,13)(H2,9,10,11,14). The Kier molecular flexibility index (Phi) is 7.89. The molecule has 3 amide bonds. The lowest BCUT2D eigenvalue weighted by molar-refractivity contribution is -0.143. The van der Waals surface area contributed by atoms with Crippen LogP contribution in [0.5, 0.6) is 0 Å². The summed E-state index contributed by atoms with van der Waals surface area (Å²) in [7, 11) is -1.02. The van der Waals surface area contributed by atoms with Crippen molar-refractivity contribution in [3.63, 3.8) is 0 Å². The first-order valence-corrected chi connectivity index (χ1v) is 6.31. The second-order valence-electron chi connectivity index (χ2n) is 2.97. The van der Waals surface area contributed by atoms with E-state index in [9.17, 15) is 18.6 Å². The molecule has 0 bridgehead atoms. The van der Waals surface area contributed by atoms with E-state index in [1.807, 2.05) is 5.32 Å². The number of urea groups is 1. The largest absolute Gasteiger partial charge is 0.480 e. The molecule has 0 radical (unpaired) electrons. The van der Waals surface area contributed by atoms with Crippen molar-refractivity contribution in [1.82, 2.24) is 10.6 Å². The summed E-state index contributed by atoms with van der Waals surface area (Å²) in [6, 6.07) is -0.737. The maximum absolute atomic E-state index is 11.0. The number of rotatable bonds is 7. The number of aliphatic carboxylic acids is 1. The molecule has 17 heavy (non-hydrogen) atoms. The number of hydrogen-bond acceptors (Lipinski definition) is 5. The first-order valence-electron chi connectivity index (χ1n) is 4.59. The van der Waals surface area contributed by atoms with Gasteiger partial charge in [0.25, 0.3) is 5.91 Å². The van der Waals surface area contributed by atoms with Crippen molar-refractivity contribution in [2.75, 3.05) is 31.8 Å². The van der Waals surface area contributed by atoms with Crippen LogP contribution in [0.1, 0.15) is 0 Å². The van der Waals surface area contributed by atoms with Gasteiger partial charge in [-0.25, -0.2) is 9.59 Å². The van der Waals surface area contributed by atoms with Crippen molar-refractivity contribution in [2.45, 2.75) is 0 Å². The van der Waals surface area contributed by atoms with E-state index in [1.54, 1.807) is 0 Å². The molecule has 8 nitrogen and oxygen atoms in total. The Morgan fingerprint density at radius 1 is 1.29 bits per heavy atom. The van der Waals surface area contributed by atoms with Gasteiger partial charge in [0.15, 0.2) is 0 Å². The molecule has 1 unspecified atom stereocenters. The minimum Gasteiger partial charge on any atom is -0.480 e. The third-order valence-corrected chi connectivity index (χ3v) is 2.17. The molecule has 0 saturated heterocycles. The SMILES string of the molecule is CS(=O)CCNC(=O)NC(=O)COCC(=O)O. The highest BCUT2D eigenvalue weighted by Gasteiger charge is 2.08. The molecule has 0 aliphatic carbocycles. The predicted octanol–water partition coefficient (Wildman–Crippen LogP) is -1.71. The van der Waals surface area contributed by atoms with Crippen molar-refractivity contribution in [3.05, 3.63) is 0 Å². The molecule has 0 heterocycles. The average molecular weight is 266 g/mol. The van der Waals surface area contributed by atoms with E-state index >= 15 is 0 Å². The monoisotopic (exact) mass is 266 g/mol. The molecule has 0 aromatic heterocycles. The van der Waals surface area contributed by atoms with Crippen LogP contribution in [0.15, 0.2) is 0 Å². The van der Waals surface area contributed by atoms with Gasteiger partial charge in [-0.3, -0.25) is 14.3 Å². The fourth-order valence-corrected chi connectivity index (χ4v) is 1.14. The lowest BCUT2D eigenvalue weighted by atomic mass is 10.6. The lowest BCUT2D eigenvalue weighted by Crippen LogP contribution is -2.42. The van der Waals surface area contributed by atoms with Crippen LogP contribution < -0.4 is 10.6 Å². The first kappa shape index (κ1) is 15.5. The van der Waals surface area contributed by atoms with Gasteiger partial charge in [0.1, 0.15) is 13.2 Å². The van der Waals surface area contributed by atoms with Crippen molar-refractivity contribution in [1.29, 1.82) is 0 Å². The first-order chi connectivity index (χ1) is 7.91. The number of carbonyl (C=O) groups is 3. The van der Waals surface area contributed by atoms with E-state index in [0.29, 0.717) is 0 Å². The number of carbonyl (C=O) groups excluding carboxylic acids is 2. The van der Waals surface area contributed by atoms with Gasteiger partial charge in [-0.1, -0.05) is 0 Å². The van der Waals surface area contributed by atoms with Crippen LogP contribution in [0.4, 0.5) is 4.79 Å². The summed E-state index contributed by atoms with van der Waals surface area (Å²) in [6.07, 6.45) is 1.49. The number of imide groups is 1. The maximum atomic E-state index is 11.0. The molecule has 1 atom stereocenters. The molecule has 0 rings (SSSR count). The zero-order chi connectivity index (χ0) is 13.3. The number of ether oxygens (including phenoxy) is 1. The number of carboxylic acids is 1. The molecule has 3 N–H and O–H groups in total. The summed E-state index contributed by atoms with van der Waals surface area (Å²) in [5.41, 5.74) is 0. The normalized spacial score (nSPS) is 11.6. The zero-order valence-corrected chi connectivity index (χ0v) is 10.0. The van der Waals surface area contributed by atoms with E-state index in [-0.39, 0.29) is 12.3 Å². The molecule has 0 aromatic rings. The van der Waals surface area contributed by atoms with Gasteiger partial charge in [0.2, 0.25) is 0 Å². The van der Waals surface area contributed by atoms with Crippen molar-refractivity contribution >= 4 is 28.7 Å². The average Bonchev–Trinajstić information content (AvgIpc) is 2.15. The molecule has 0 spiro atoms. The van der Waals surface area contributed by atoms with E-state index in [0.717, 1.165) is 0 Å². The molecule has 0 aliphatic rings. The van der Waals surface area contributed by atoms with Crippen LogP contribution >= 0.6 is 0 Å². The summed E-state index contributed by atoms with van der Waals surface area (Å²) in [4.78, 5) is 32.0. The summed E-state index contributed by atoms with van der Waals surface area (Å²) in [5, 5.41) is 12.4. The summed E-state index contributed by atoms with van der Waals surface area (Å²) < 4.78 is 15.1. The summed E-state index contributed by atoms with van der Waals surface area (Å²) in [6.45, 7) is -0.943. The van der Waals surface area contributed by atoms with Gasteiger partial charge < -0.3 is 15.2 Å². The molecule has 9 heteroatoms. The molecular formula is C8H14N2O6S. The Bertz CT molecular complexity index is 289. The number of carboxylic acid groups (broad SMARTS) is 1. The Morgan fingerprint density at radius 3 is 2.47 bits per heavy atom. The molecule has 98 valence electrons. The topological polar surface area (TPSA) is 122 Å². The van der Waals surface area contributed by atoms with Gasteiger partial charge in [-0.2, -0.15) is 0 Å². The number of hydrogen-bond donors (Lipinski definition) is 3. The van der Waals surface area contributed by atoms with E-state index in [1.165, 1.54) is 6.26 Å². The van der Waals surface area contributed by atoms with Gasteiger partial charge >= 0.3 is 12.0 Å². The molecule has 0 fully saturated rings. The lowest BCUT2D eigenvalue weighted by Gasteiger charge is -2.05. The molecule has 0 aromatic carbocycles. The van der Waals surface area contributed by atoms with Gasteiger partial charge in [0, 0.05) is 29.4 Å². The van der Waals surface area contributed by atoms with Crippen molar-refractivity contribution < 1.29 is 28.4 Å². The van der Waals surface area contributed by atoms with Gasteiger partial charge in [0.05, 0.1) is 0 Å². The maximum Gasteiger partial charge on any atom is 0.329 e. The second-order valence-corrected chi connectivity index (χ2v) is 4.52. The highest BCUT2D eigenvalue weighted by molar-refractivity contribution is 7.84. The van der Waals surface area contributed by atoms with E-state index < -0.39 is 41.9 Å². The van der Waals surface area contributed by atoms with Crippen LogP contribution in [0, 0.1) is 0 Å². The quantitative estimate of drug-likeness (QED) is 0.504. The Balaban J connectivity index is 3.62. The molecule has 0 aliphatic heterocycles. The van der Waals surface area contributed by atoms with E-state index in [2.05, 4.69) is 10.1 Å². The number of amides is 3. The smallest absolute Gasteiger partial charge is 0.329 e. The Hall–Kier alpha value is -1.48. The fourth-order valence-electron chi connectivity index (χ4n) is 0.746. The van der Waals surface area contributed by atoms with Crippen LogP contribution in [0.3, 0.4) is 0 Å². The summed E-state index contributed by atoms with van der Waals surface area (Å²) >= 11 is 0. The minimum atomic E-state index is -1.20. The molecule has 0 saturated carbocycles. The Labute approximate surface area is 100 Å². The van der Waals surface area contributed by atoms with Crippen LogP contribution in [0.2, 0.25) is 0 Å². The third-order valence-electron chi connectivity index (χ3n) is 1.39.